The molecule has 8 rings (SSSR count). The molecule has 8 aliphatic heterocycles. The molecule has 0 aliphatic carbocycles. The maximum Gasteiger partial charge on any atom is 0.217 e. The molecular weight excluding hydrogens is 1310 g/mol. The lowest BCUT2D eigenvalue weighted by atomic mass is 9.93. The molecule has 3 amide bonds. The quantitative estimate of drug-likeness (QED) is 0.0452. The van der Waals surface area contributed by atoms with Crippen LogP contribution in [0.4, 0.5) is 0 Å². The Kier molecular flexibility index (Phi) is 27.7. The molecule has 0 aromatic rings. The molecule has 42 heteroatoms. The Morgan fingerprint density at radius 2 is 0.625 bits per heavy atom. The van der Waals surface area contributed by atoms with Crippen molar-refractivity contribution in [1.29, 1.82) is 0 Å². The van der Waals surface area contributed by atoms with Gasteiger partial charge in [0, 0.05) is 20.8 Å². The van der Waals surface area contributed by atoms with E-state index in [1.54, 1.807) is 0 Å². The van der Waals surface area contributed by atoms with Crippen molar-refractivity contribution in [2.24, 2.45) is 0 Å². The molecule has 0 radical (unpaired) electrons. The molecule has 8 fully saturated rings. The Morgan fingerprint density at radius 1 is 0.292 bits per heavy atom. The van der Waals surface area contributed by atoms with Gasteiger partial charge in [-0.1, -0.05) is 0 Å². The van der Waals surface area contributed by atoms with E-state index in [1.807, 2.05) is 0 Å². The van der Waals surface area contributed by atoms with Gasteiger partial charge in [0.1, 0.15) is 183 Å². The Morgan fingerprint density at radius 3 is 1.15 bits per heavy atom. The molecule has 0 aromatic carbocycles. The first-order chi connectivity index (χ1) is 45.3. The van der Waals surface area contributed by atoms with Crippen LogP contribution >= 0.6 is 0 Å². The van der Waals surface area contributed by atoms with E-state index in [9.17, 15) is 122 Å². The van der Waals surface area contributed by atoms with Crippen LogP contribution in [-0.2, 0) is 85.4 Å². The summed E-state index contributed by atoms with van der Waals surface area (Å²) in [4.78, 5) is 38.1. The fourth-order valence-electron chi connectivity index (χ4n) is 12.5. The summed E-state index contributed by atoms with van der Waals surface area (Å²) in [5, 5.41) is 237. The lowest BCUT2D eigenvalue weighted by Gasteiger charge is -2.52. The average Bonchev–Trinajstić information content (AvgIpc) is 0.769. The van der Waals surface area contributed by atoms with Gasteiger partial charge in [0.05, 0.1) is 51.8 Å². The zero-order valence-corrected chi connectivity index (χ0v) is 52.1. The van der Waals surface area contributed by atoms with Crippen LogP contribution in [0.1, 0.15) is 34.6 Å². The monoisotopic (exact) mass is 1410 g/mol. The highest BCUT2D eigenvalue weighted by Crippen LogP contribution is 2.39. The summed E-state index contributed by atoms with van der Waals surface area (Å²) < 4.78 is 88.0. The van der Waals surface area contributed by atoms with Crippen molar-refractivity contribution in [2.75, 3.05) is 39.6 Å². The predicted octanol–water partition coefficient (Wildman–Crippen LogP) is -16.0. The maximum atomic E-state index is 13.1. The first-order valence-electron chi connectivity index (χ1n) is 30.8. The molecule has 556 valence electrons. The van der Waals surface area contributed by atoms with E-state index in [4.69, 9.17) is 71.1 Å². The summed E-state index contributed by atoms with van der Waals surface area (Å²) in [5.41, 5.74) is 0. The summed E-state index contributed by atoms with van der Waals surface area (Å²) >= 11 is 0. The van der Waals surface area contributed by atoms with E-state index < -0.39 is 303 Å². The summed E-state index contributed by atoms with van der Waals surface area (Å²) in [5.74, 6) is -2.55. The predicted molar refractivity (Wildman–Crippen MR) is 296 cm³/mol. The highest BCUT2D eigenvalue weighted by molar-refractivity contribution is 5.74. The first kappa shape index (κ1) is 78.7. The van der Waals surface area contributed by atoms with Crippen LogP contribution in [0.25, 0.3) is 0 Å². The van der Waals surface area contributed by atoms with Crippen LogP contribution in [0.2, 0.25) is 0 Å². The number of aliphatic hydroxyl groups excluding tert-OH is 21. The van der Waals surface area contributed by atoms with Crippen molar-refractivity contribution in [3.8, 4) is 0 Å². The minimum Gasteiger partial charge on any atom is -0.394 e. The SMILES string of the molecule is CC(=O)N[C@H]1[C@H](O[C@H]2[C@H](O)[C@@H](NC(C)=O)C(O)O[C@@H]2CO[C@@H]2O[C@@H](C)[C@@H](O)[C@@H](O)[C@@H]2O)O[C@H](CO)[C@@H](O[C@@H]2O[C@H](CO)[C@@H](O)[C@H](O[C@H]3O[C@H](CO)[C@@H](O[C@@H]4O[C@H](CO)[C@@H](O[C@@H]5O[C@H](CO)[C@H](O)[C@H](O)[C@H]5O)[C@H](O[C@@H]5O[C@@H](C)[C@@H](O)[C@@H](O)[C@@H]5O)[C@H]4NC(C)=O)[C@H](O)[C@@H]3O)[C@@H]2O)[C@@H]1O. The van der Waals surface area contributed by atoms with Gasteiger partial charge in [-0.15, -0.1) is 0 Å². The molecule has 40 atom stereocenters. The van der Waals surface area contributed by atoms with Crippen LogP contribution in [-0.4, -0.2) is 410 Å². The number of nitrogens with one attached hydrogen (secondary N) is 3. The third kappa shape index (κ3) is 17.0. The van der Waals surface area contributed by atoms with Gasteiger partial charge in [0.15, 0.2) is 50.3 Å². The smallest absolute Gasteiger partial charge is 0.217 e. The van der Waals surface area contributed by atoms with Crippen molar-refractivity contribution >= 4 is 17.7 Å². The van der Waals surface area contributed by atoms with E-state index >= 15 is 0 Å². The first-order valence-corrected chi connectivity index (χ1v) is 30.8. The molecule has 42 nitrogen and oxygen atoms in total. The summed E-state index contributed by atoms with van der Waals surface area (Å²) in [7, 11) is 0. The van der Waals surface area contributed by atoms with Crippen LogP contribution < -0.4 is 16.0 Å². The van der Waals surface area contributed by atoms with Gasteiger partial charge < -0.3 is 194 Å². The lowest BCUT2D eigenvalue weighted by molar-refractivity contribution is -0.395. The number of rotatable bonds is 23. The van der Waals surface area contributed by atoms with E-state index in [0.29, 0.717) is 0 Å². The van der Waals surface area contributed by atoms with Crippen molar-refractivity contribution < 1.29 is 193 Å². The van der Waals surface area contributed by atoms with Crippen molar-refractivity contribution in [3.05, 3.63) is 0 Å². The molecule has 8 aliphatic rings. The molecule has 24 N–H and O–H groups in total. The zero-order chi connectivity index (χ0) is 70.8. The van der Waals surface area contributed by atoms with Crippen molar-refractivity contribution in [1.82, 2.24) is 16.0 Å². The number of aliphatic hydroxyl groups is 21. The zero-order valence-electron chi connectivity index (χ0n) is 52.1. The normalized spacial score (nSPS) is 50.3. The summed E-state index contributed by atoms with van der Waals surface area (Å²) in [6.45, 7) is -0.474. The van der Waals surface area contributed by atoms with Gasteiger partial charge in [-0.3, -0.25) is 14.4 Å². The van der Waals surface area contributed by atoms with E-state index in [1.165, 1.54) is 13.8 Å². The molecular formula is C54H91N3O39. The molecule has 1 unspecified atom stereocenters. The molecule has 96 heavy (non-hydrogen) atoms. The van der Waals surface area contributed by atoms with Gasteiger partial charge >= 0.3 is 0 Å². The standard InChI is InChI=1S/C54H91N3O39/c1-12-26(66)32(72)36(76)50(83-12)82-11-22-43(30(70)23(47(81)85-22)55-14(3)63)92-48-24(56-15(4)64)31(71)41(19(8-60)88-48)93-54-40(80)46(29(69)18(7-59)87-54)96-53-39(79)35(75)42(20(9-61)90-53)91-49-25(57-16(5)65)45(95-51-37(77)33(73)27(67)13(2)84-51)44(21(10-62)89-49)94-52-38(78)34(74)28(68)17(6-58)86-52/h12-13,17-54,58-62,66-81H,6-11H2,1-5H3,(H,55,63)(H,56,64)(H,57,65)/t12-,13-,17+,18+,19+,20+,21+,22+,23+,24+,25+,26+,27+,28-,29+,30+,31+,32+,33+,34-,35+,36-,37-,38+,39-,40-,41+,42+,43+,44+,45+,46-,47?,48-,49-,50+,51-,52-,53+,54-/m0/s1. The fraction of sp³-hybridized carbons (Fsp3) is 0.944. The van der Waals surface area contributed by atoms with E-state index in [0.717, 1.165) is 20.8 Å². The van der Waals surface area contributed by atoms with E-state index in [-0.39, 0.29) is 0 Å². The largest absolute Gasteiger partial charge is 0.394 e. The maximum absolute atomic E-state index is 13.1. The number of amides is 3. The van der Waals surface area contributed by atoms with Gasteiger partial charge in [-0.05, 0) is 13.8 Å². The third-order valence-corrected chi connectivity index (χ3v) is 17.8. The lowest BCUT2D eigenvalue weighted by Crippen LogP contribution is -2.71. The summed E-state index contributed by atoms with van der Waals surface area (Å²) in [6.07, 6.45) is -70.6. The topological polar surface area (TPSA) is 651 Å². The highest BCUT2D eigenvalue weighted by Gasteiger charge is 2.60. The average molecular weight is 1410 g/mol. The molecule has 8 heterocycles. The van der Waals surface area contributed by atoms with Crippen LogP contribution in [0, 0.1) is 0 Å². The second kappa shape index (κ2) is 33.8. The number of hydrogen-bond acceptors (Lipinski definition) is 39. The van der Waals surface area contributed by atoms with Crippen LogP contribution in [0.3, 0.4) is 0 Å². The molecule has 8 saturated heterocycles. The molecule has 0 saturated carbocycles. The van der Waals surface area contributed by atoms with Crippen molar-refractivity contribution in [3.63, 3.8) is 0 Å². The van der Waals surface area contributed by atoms with E-state index in [2.05, 4.69) is 16.0 Å². The minimum absolute atomic E-state index is 0.756. The Labute approximate surface area is 545 Å². The van der Waals surface area contributed by atoms with Gasteiger partial charge in [-0.2, -0.15) is 0 Å². The molecule has 0 bridgehead atoms. The van der Waals surface area contributed by atoms with Crippen molar-refractivity contribution in [2.45, 2.75) is 280 Å². The minimum atomic E-state index is -2.37. The number of hydrogen-bond donors (Lipinski definition) is 24. The number of carbonyl (C=O) groups excluding carboxylic acids is 3. The molecule has 0 aromatic heterocycles. The fourth-order valence-corrected chi connectivity index (χ4v) is 12.5. The second-order valence-electron chi connectivity index (χ2n) is 24.6. The van der Waals surface area contributed by atoms with Gasteiger partial charge in [0.25, 0.3) is 0 Å². The highest BCUT2D eigenvalue weighted by atomic mass is 16.8. The number of carbonyl (C=O) groups is 3. The second-order valence-corrected chi connectivity index (χ2v) is 24.6. The molecule has 0 spiro atoms. The van der Waals surface area contributed by atoms with Crippen LogP contribution in [0.15, 0.2) is 0 Å². The Bertz CT molecular complexity index is 2470. The Balaban J connectivity index is 1.01. The number of ether oxygens (including phenoxy) is 15. The third-order valence-electron chi connectivity index (χ3n) is 17.8. The Hall–Kier alpha value is -3.03. The van der Waals surface area contributed by atoms with Gasteiger partial charge in [-0.25, -0.2) is 0 Å². The summed E-state index contributed by atoms with van der Waals surface area (Å²) in [6, 6.07) is -5.31. The van der Waals surface area contributed by atoms with Gasteiger partial charge in [0.2, 0.25) is 17.7 Å². The van der Waals surface area contributed by atoms with Crippen LogP contribution in [0.5, 0.6) is 0 Å².